The van der Waals surface area contributed by atoms with Crippen molar-refractivity contribution in [3.05, 3.63) is 0 Å². The van der Waals surface area contributed by atoms with Crippen LogP contribution in [0, 0.1) is 17.3 Å². The molecule has 2 nitrogen and oxygen atoms in total. The first-order valence-electron chi connectivity index (χ1n) is 7.61. The molecular formula is C16H31NO. The molecule has 2 heteroatoms. The van der Waals surface area contributed by atoms with Crippen molar-refractivity contribution in [2.75, 3.05) is 0 Å². The number of hydrogen-bond acceptors (Lipinski definition) is 2. The predicted octanol–water partition coefficient (Wildman–Crippen LogP) is 3.93. The molecule has 0 aliphatic heterocycles. The molecule has 0 bridgehead atoms. The van der Waals surface area contributed by atoms with Gasteiger partial charge in [0.2, 0.25) is 0 Å². The highest BCUT2D eigenvalue weighted by atomic mass is 16.1. The molecule has 1 rings (SSSR count). The summed E-state index contributed by atoms with van der Waals surface area (Å²) in [5.74, 6) is 1.35. The lowest BCUT2D eigenvalue weighted by Gasteiger charge is -2.31. The Morgan fingerprint density at radius 2 is 1.89 bits per heavy atom. The summed E-state index contributed by atoms with van der Waals surface area (Å²) >= 11 is 0. The second-order valence-corrected chi connectivity index (χ2v) is 7.25. The van der Waals surface area contributed by atoms with Crippen molar-refractivity contribution in [3.8, 4) is 0 Å². The number of ketones is 1. The summed E-state index contributed by atoms with van der Waals surface area (Å²) in [5, 5.41) is 0. The lowest BCUT2D eigenvalue weighted by atomic mass is 9.74. The smallest absolute Gasteiger partial charge is 0.137 e. The molecule has 1 fully saturated rings. The van der Waals surface area contributed by atoms with Gasteiger partial charge in [0.1, 0.15) is 5.78 Å². The molecule has 0 saturated heterocycles. The van der Waals surface area contributed by atoms with Crippen molar-refractivity contribution in [1.82, 2.24) is 0 Å². The van der Waals surface area contributed by atoms with Gasteiger partial charge in [0.25, 0.3) is 0 Å². The van der Waals surface area contributed by atoms with Crippen LogP contribution in [0.2, 0.25) is 0 Å². The van der Waals surface area contributed by atoms with E-state index < -0.39 is 0 Å². The third-order valence-corrected chi connectivity index (χ3v) is 4.18. The van der Waals surface area contributed by atoms with Crippen LogP contribution in [-0.2, 0) is 4.79 Å². The quantitative estimate of drug-likeness (QED) is 0.807. The van der Waals surface area contributed by atoms with Crippen LogP contribution < -0.4 is 5.73 Å². The van der Waals surface area contributed by atoms with Gasteiger partial charge in [-0.2, -0.15) is 0 Å². The van der Waals surface area contributed by atoms with Crippen molar-refractivity contribution in [1.29, 1.82) is 0 Å². The van der Waals surface area contributed by atoms with Crippen LogP contribution in [0.5, 0.6) is 0 Å². The first-order chi connectivity index (χ1) is 8.33. The summed E-state index contributed by atoms with van der Waals surface area (Å²) in [6.45, 7) is 8.78. The standard InChI is InChI=1S/C16H31NO/c1-5-12-8-6-7-9-14(12)15(18)10-13(17)11-16(2,3)4/h12-14H,5-11,17H2,1-4H3. The fourth-order valence-corrected chi connectivity index (χ4v) is 3.39. The van der Waals surface area contributed by atoms with Crippen LogP contribution in [-0.4, -0.2) is 11.8 Å². The van der Waals surface area contributed by atoms with Gasteiger partial charge in [0, 0.05) is 18.4 Å². The maximum Gasteiger partial charge on any atom is 0.137 e. The van der Waals surface area contributed by atoms with Gasteiger partial charge in [-0.15, -0.1) is 0 Å². The first-order valence-corrected chi connectivity index (χ1v) is 7.61. The maximum atomic E-state index is 12.4. The molecule has 106 valence electrons. The summed E-state index contributed by atoms with van der Waals surface area (Å²) in [7, 11) is 0. The Kier molecular flexibility index (Phi) is 5.84. The third kappa shape index (κ3) is 5.09. The Hall–Kier alpha value is -0.370. The van der Waals surface area contributed by atoms with Gasteiger partial charge in [-0.3, -0.25) is 4.79 Å². The molecule has 0 spiro atoms. The van der Waals surface area contributed by atoms with E-state index in [2.05, 4.69) is 27.7 Å². The zero-order valence-corrected chi connectivity index (χ0v) is 12.7. The number of carbonyl (C=O) groups excluding carboxylic acids is 1. The van der Waals surface area contributed by atoms with E-state index in [9.17, 15) is 4.79 Å². The van der Waals surface area contributed by atoms with E-state index in [1.54, 1.807) is 0 Å². The topological polar surface area (TPSA) is 43.1 Å². The van der Waals surface area contributed by atoms with Crippen LogP contribution in [0.4, 0.5) is 0 Å². The van der Waals surface area contributed by atoms with E-state index in [1.807, 2.05) is 0 Å². The highest BCUT2D eigenvalue weighted by Gasteiger charge is 2.30. The fourth-order valence-electron chi connectivity index (χ4n) is 3.39. The highest BCUT2D eigenvalue weighted by molar-refractivity contribution is 5.82. The summed E-state index contributed by atoms with van der Waals surface area (Å²) in [4.78, 5) is 12.4. The highest BCUT2D eigenvalue weighted by Crippen LogP contribution is 2.34. The molecule has 18 heavy (non-hydrogen) atoms. The summed E-state index contributed by atoms with van der Waals surface area (Å²) in [6, 6.07) is 0.0388. The lowest BCUT2D eigenvalue weighted by molar-refractivity contribution is -0.126. The SMILES string of the molecule is CCC1CCCCC1C(=O)CC(N)CC(C)(C)C. The van der Waals surface area contributed by atoms with E-state index >= 15 is 0 Å². The largest absolute Gasteiger partial charge is 0.327 e. The maximum absolute atomic E-state index is 12.4. The third-order valence-electron chi connectivity index (χ3n) is 4.18. The number of rotatable bonds is 5. The molecule has 3 unspecified atom stereocenters. The van der Waals surface area contributed by atoms with Gasteiger partial charge in [0.15, 0.2) is 0 Å². The zero-order chi connectivity index (χ0) is 13.8. The molecule has 0 aromatic carbocycles. The molecule has 0 heterocycles. The van der Waals surface area contributed by atoms with Gasteiger partial charge in [0.05, 0.1) is 0 Å². The molecule has 0 radical (unpaired) electrons. The minimum Gasteiger partial charge on any atom is -0.327 e. The van der Waals surface area contributed by atoms with E-state index in [0.717, 1.165) is 19.3 Å². The summed E-state index contributed by atoms with van der Waals surface area (Å²) in [6.07, 6.45) is 7.52. The van der Waals surface area contributed by atoms with Gasteiger partial charge >= 0.3 is 0 Å². The Balaban J connectivity index is 2.48. The van der Waals surface area contributed by atoms with Crippen molar-refractivity contribution < 1.29 is 4.79 Å². The van der Waals surface area contributed by atoms with E-state index in [-0.39, 0.29) is 11.5 Å². The molecule has 1 aliphatic rings. The predicted molar refractivity (Wildman–Crippen MR) is 77.4 cm³/mol. The minimum atomic E-state index is 0.0388. The second kappa shape index (κ2) is 6.70. The normalized spacial score (nSPS) is 26.9. The Bertz CT molecular complexity index is 267. The lowest BCUT2D eigenvalue weighted by Crippen LogP contribution is -2.34. The van der Waals surface area contributed by atoms with Gasteiger partial charge in [-0.1, -0.05) is 47.0 Å². The van der Waals surface area contributed by atoms with Gasteiger partial charge in [-0.05, 0) is 30.6 Å². The van der Waals surface area contributed by atoms with Crippen LogP contribution in [0.25, 0.3) is 0 Å². The molecule has 1 saturated carbocycles. The van der Waals surface area contributed by atoms with Crippen LogP contribution in [0.1, 0.15) is 72.6 Å². The van der Waals surface area contributed by atoms with Crippen LogP contribution >= 0.6 is 0 Å². The molecule has 0 aromatic rings. The van der Waals surface area contributed by atoms with E-state index in [1.165, 1.54) is 19.3 Å². The van der Waals surface area contributed by atoms with Crippen molar-refractivity contribution in [3.63, 3.8) is 0 Å². The Labute approximate surface area is 113 Å². The Morgan fingerprint density at radius 3 is 2.44 bits per heavy atom. The summed E-state index contributed by atoms with van der Waals surface area (Å²) < 4.78 is 0. The van der Waals surface area contributed by atoms with Gasteiger partial charge < -0.3 is 5.73 Å². The number of Topliss-reactive ketones (excluding diaryl/α,β-unsaturated/α-hetero) is 1. The number of hydrogen-bond donors (Lipinski definition) is 1. The zero-order valence-electron chi connectivity index (χ0n) is 12.7. The minimum absolute atomic E-state index is 0.0388. The molecular weight excluding hydrogens is 222 g/mol. The monoisotopic (exact) mass is 253 g/mol. The average Bonchev–Trinajstić information content (AvgIpc) is 2.26. The molecule has 0 amide bonds. The average molecular weight is 253 g/mol. The van der Waals surface area contributed by atoms with E-state index in [0.29, 0.717) is 24.0 Å². The Morgan fingerprint density at radius 1 is 1.28 bits per heavy atom. The van der Waals surface area contributed by atoms with Gasteiger partial charge in [-0.25, -0.2) is 0 Å². The fraction of sp³-hybridized carbons (Fsp3) is 0.938. The molecule has 2 N–H and O–H groups in total. The van der Waals surface area contributed by atoms with Crippen molar-refractivity contribution in [2.24, 2.45) is 23.0 Å². The van der Waals surface area contributed by atoms with Crippen molar-refractivity contribution in [2.45, 2.75) is 78.7 Å². The molecule has 1 aliphatic carbocycles. The van der Waals surface area contributed by atoms with Crippen molar-refractivity contribution >= 4 is 5.78 Å². The molecule has 3 atom stereocenters. The van der Waals surface area contributed by atoms with Crippen LogP contribution in [0.15, 0.2) is 0 Å². The second-order valence-electron chi connectivity index (χ2n) is 7.25. The summed E-state index contributed by atoms with van der Waals surface area (Å²) in [5.41, 5.74) is 6.35. The van der Waals surface area contributed by atoms with E-state index in [4.69, 9.17) is 5.73 Å². The molecule has 0 aromatic heterocycles. The first kappa shape index (κ1) is 15.7. The van der Waals surface area contributed by atoms with Crippen LogP contribution in [0.3, 0.4) is 0 Å². The number of nitrogens with two attached hydrogens (primary N) is 1. The number of carbonyl (C=O) groups is 1.